The number of rotatable bonds is 0. The van der Waals surface area contributed by atoms with Crippen LogP contribution >= 0.6 is 0 Å². The van der Waals surface area contributed by atoms with Crippen molar-refractivity contribution in [1.82, 2.24) is 0 Å². The van der Waals surface area contributed by atoms with E-state index in [4.69, 9.17) is 5.73 Å². The lowest BCUT2D eigenvalue weighted by atomic mass is 10.1. The first-order valence-corrected chi connectivity index (χ1v) is 3.85. The van der Waals surface area contributed by atoms with Gasteiger partial charge < -0.3 is 5.73 Å². The van der Waals surface area contributed by atoms with Gasteiger partial charge in [-0.1, -0.05) is 23.4 Å². The molecule has 1 aromatic rings. The third-order valence-corrected chi connectivity index (χ3v) is 1.86. The van der Waals surface area contributed by atoms with Crippen LogP contribution in [0.15, 0.2) is 29.6 Å². The highest BCUT2D eigenvalue weighted by Gasteiger charge is 1.90. The normalized spacial score (nSPS) is 12.6. The molecule has 0 saturated heterocycles. The second-order valence-corrected chi connectivity index (χ2v) is 2.94. The molecular formula is C11H9N. The van der Waals surface area contributed by atoms with Gasteiger partial charge in [-0.25, -0.2) is 0 Å². The number of benzene rings is 1. The van der Waals surface area contributed by atoms with Crippen LogP contribution in [0.2, 0.25) is 0 Å². The van der Waals surface area contributed by atoms with Gasteiger partial charge in [0.1, 0.15) is 0 Å². The molecule has 1 aliphatic carbocycles. The molecule has 0 fully saturated rings. The molecule has 0 bridgehead atoms. The molecule has 1 nitrogen and oxygen atoms in total. The fraction of sp³-hybridized carbons (Fsp3) is 0.0909. The molecule has 0 atom stereocenters. The van der Waals surface area contributed by atoms with Crippen molar-refractivity contribution in [2.45, 2.75) is 6.92 Å². The predicted octanol–water partition coefficient (Wildman–Crippen LogP) is 0.166. The van der Waals surface area contributed by atoms with Crippen LogP contribution in [0, 0.1) is 6.92 Å². The molecule has 58 valence electrons. The number of nitrogens with two attached hydrogens (primary N) is 1. The fourth-order valence-electron chi connectivity index (χ4n) is 1.26. The smallest absolute Gasteiger partial charge is 0.0837 e. The highest BCUT2D eigenvalue weighted by Crippen LogP contribution is 1.89. The molecule has 0 amide bonds. The summed E-state index contributed by atoms with van der Waals surface area (Å²) in [5.74, 6) is 0. The summed E-state index contributed by atoms with van der Waals surface area (Å²) in [6.07, 6.45) is 1.92. The van der Waals surface area contributed by atoms with Gasteiger partial charge >= 0.3 is 0 Å². The second-order valence-electron chi connectivity index (χ2n) is 2.94. The molecule has 0 unspecified atom stereocenters. The lowest BCUT2D eigenvalue weighted by Gasteiger charge is -1.94. The van der Waals surface area contributed by atoms with Gasteiger partial charge in [0.2, 0.25) is 0 Å². The molecule has 0 aromatic heterocycles. The van der Waals surface area contributed by atoms with Crippen LogP contribution in [0.1, 0.15) is 5.56 Å². The van der Waals surface area contributed by atoms with E-state index in [1.165, 1.54) is 5.56 Å². The van der Waals surface area contributed by atoms with Crippen LogP contribution in [0.5, 0.6) is 0 Å². The van der Waals surface area contributed by atoms with E-state index in [1.807, 2.05) is 12.1 Å². The van der Waals surface area contributed by atoms with E-state index in [9.17, 15) is 0 Å². The molecule has 12 heavy (non-hydrogen) atoms. The van der Waals surface area contributed by atoms with E-state index < -0.39 is 0 Å². The number of aryl methyl sites for hydroxylation is 1. The van der Waals surface area contributed by atoms with Gasteiger partial charge in [0, 0.05) is 5.22 Å². The van der Waals surface area contributed by atoms with Crippen LogP contribution in [-0.2, 0) is 0 Å². The van der Waals surface area contributed by atoms with Gasteiger partial charge in [-0.2, -0.15) is 0 Å². The molecule has 2 rings (SSSR count). The summed E-state index contributed by atoms with van der Waals surface area (Å²) in [5.41, 5.74) is 13.3. The van der Waals surface area contributed by atoms with Crippen molar-refractivity contribution < 1.29 is 0 Å². The zero-order valence-electron chi connectivity index (χ0n) is 6.89. The Balaban J connectivity index is 2.97. The Morgan fingerprint density at radius 3 is 2.92 bits per heavy atom. The summed E-state index contributed by atoms with van der Waals surface area (Å²) in [5, 5.41) is 2.20. The summed E-state index contributed by atoms with van der Waals surface area (Å²) in [6.45, 7) is 2.06. The minimum absolute atomic E-state index is 0.646. The maximum Gasteiger partial charge on any atom is 0.0837 e. The summed E-state index contributed by atoms with van der Waals surface area (Å²) < 4.78 is 0. The minimum Gasteiger partial charge on any atom is -0.392 e. The van der Waals surface area contributed by atoms with Crippen molar-refractivity contribution >= 4 is 11.8 Å². The SMILES string of the molecule is Cc1ccc2c(c1)=CC(N)=C=C=2. The molecule has 1 aliphatic rings. The zero-order valence-corrected chi connectivity index (χ0v) is 6.89. The van der Waals surface area contributed by atoms with Crippen LogP contribution in [0.4, 0.5) is 0 Å². The molecule has 0 heterocycles. The van der Waals surface area contributed by atoms with Crippen molar-refractivity contribution in [3.63, 3.8) is 0 Å². The first-order chi connectivity index (χ1) is 5.75. The van der Waals surface area contributed by atoms with E-state index in [2.05, 4.69) is 30.5 Å². The Morgan fingerprint density at radius 1 is 1.25 bits per heavy atom. The predicted molar refractivity (Wildman–Crippen MR) is 49.5 cm³/mol. The summed E-state index contributed by atoms with van der Waals surface area (Å²) in [4.78, 5) is 0. The topological polar surface area (TPSA) is 26.0 Å². The Bertz CT molecular complexity index is 510. The number of allylic oxidation sites excluding steroid dienone is 1. The van der Waals surface area contributed by atoms with E-state index in [1.54, 1.807) is 0 Å². The lowest BCUT2D eigenvalue weighted by molar-refractivity contribution is 1.38. The monoisotopic (exact) mass is 155 g/mol. The lowest BCUT2D eigenvalue weighted by Crippen LogP contribution is -2.25. The second kappa shape index (κ2) is 2.42. The number of hydrogen-bond donors (Lipinski definition) is 1. The Kier molecular flexibility index (Phi) is 1.41. The van der Waals surface area contributed by atoms with Crippen molar-refractivity contribution in [3.8, 4) is 0 Å². The molecule has 2 N–H and O–H groups in total. The maximum absolute atomic E-state index is 5.59. The van der Waals surface area contributed by atoms with Crippen molar-refractivity contribution in [2.75, 3.05) is 0 Å². The Hall–Kier alpha value is -1.68. The average Bonchev–Trinajstić information content (AvgIpc) is 2.03. The Morgan fingerprint density at radius 2 is 2.08 bits per heavy atom. The van der Waals surface area contributed by atoms with E-state index in [0.717, 1.165) is 10.4 Å². The first-order valence-electron chi connectivity index (χ1n) is 3.85. The average molecular weight is 155 g/mol. The van der Waals surface area contributed by atoms with Crippen molar-refractivity contribution in [3.05, 3.63) is 45.6 Å². The van der Waals surface area contributed by atoms with Crippen LogP contribution < -0.4 is 16.2 Å². The summed E-state index contributed by atoms with van der Waals surface area (Å²) >= 11 is 0. The van der Waals surface area contributed by atoms with Crippen molar-refractivity contribution in [2.24, 2.45) is 5.73 Å². The maximum atomic E-state index is 5.59. The van der Waals surface area contributed by atoms with Gasteiger partial charge in [0.25, 0.3) is 0 Å². The van der Waals surface area contributed by atoms with Crippen LogP contribution in [0.3, 0.4) is 0 Å². The van der Waals surface area contributed by atoms with E-state index in [0.29, 0.717) is 5.70 Å². The van der Waals surface area contributed by atoms with Crippen LogP contribution in [-0.4, -0.2) is 0 Å². The van der Waals surface area contributed by atoms with Gasteiger partial charge in [0.15, 0.2) is 0 Å². The summed E-state index contributed by atoms with van der Waals surface area (Å²) in [6, 6.07) is 6.18. The third-order valence-electron chi connectivity index (χ3n) is 1.86. The van der Waals surface area contributed by atoms with Gasteiger partial charge in [-0.15, -0.1) is 0 Å². The van der Waals surface area contributed by atoms with E-state index in [-0.39, 0.29) is 0 Å². The molecule has 1 aromatic carbocycles. The van der Waals surface area contributed by atoms with E-state index >= 15 is 0 Å². The van der Waals surface area contributed by atoms with Gasteiger partial charge in [-0.05, 0) is 30.0 Å². The largest absolute Gasteiger partial charge is 0.392 e. The zero-order chi connectivity index (χ0) is 8.55. The van der Waals surface area contributed by atoms with Crippen molar-refractivity contribution in [1.29, 1.82) is 0 Å². The molecule has 1 heteroatoms. The van der Waals surface area contributed by atoms with Crippen LogP contribution in [0.25, 0.3) is 11.8 Å². The molecular weight excluding hydrogens is 146 g/mol. The third kappa shape index (κ3) is 1.08. The molecule has 0 radical (unpaired) electrons. The Labute approximate surface area is 70.8 Å². The fourth-order valence-corrected chi connectivity index (χ4v) is 1.26. The number of hydrogen-bond acceptors (Lipinski definition) is 1. The highest BCUT2D eigenvalue weighted by atomic mass is 14.5. The first kappa shape index (κ1) is 7.00. The molecule has 0 spiro atoms. The number of fused-ring (bicyclic) bond motifs is 1. The summed E-state index contributed by atoms with van der Waals surface area (Å²) in [7, 11) is 0. The highest BCUT2D eigenvalue weighted by molar-refractivity contribution is 5.50. The molecule has 0 aliphatic heterocycles. The standard InChI is InChI=1S/C11H9N/c1-8-2-3-9-4-5-11(12)7-10(9)6-8/h2-3,6-7H,12H2,1H3. The van der Waals surface area contributed by atoms with Gasteiger partial charge in [-0.3, -0.25) is 0 Å². The molecule has 0 saturated carbocycles. The van der Waals surface area contributed by atoms with Gasteiger partial charge in [0.05, 0.1) is 5.70 Å². The minimum atomic E-state index is 0.646. The quantitative estimate of drug-likeness (QED) is 0.531.